The fraction of sp³-hybridized carbons (Fsp3) is 0.211. The van der Waals surface area contributed by atoms with Gasteiger partial charge in [0, 0.05) is 17.8 Å². The van der Waals surface area contributed by atoms with Crippen LogP contribution in [-0.2, 0) is 4.79 Å². The molecule has 0 saturated heterocycles. The standard InChI is InChI=1S/C19H20ClNO4/c1-4-25-17-11-13(10-16(20)19(17)24-3)8-9-18(22)21-14-6-5-7-15(12-14)23-2/h5-12H,4H2,1-3H3,(H,21,22). The molecule has 5 nitrogen and oxygen atoms in total. The zero-order valence-corrected chi connectivity index (χ0v) is 15.1. The van der Waals surface area contributed by atoms with Crippen LogP contribution in [0, 0.1) is 0 Å². The van der Waals surface area contributed by atoms with E-state index in [1.165, 1.54) is 13.2 Å². The van der Waals surface area contributed by atoms with Crippen LogP contribution in [0.4, 0.5) is 5.69 Å². The van der Waals surface area contributed by atoms with E-state index in [0.29, 0.717) is 34.6 Å². The van der Waals surface area contributed by atoms with Crippen molar-refractivity contribution in [1.82, 2.24) is 0 Å². The molecule has 1 N–H and O–H groups in total. The normalized spacial score (nSPS) is 10.6. The highest BCUT2D eigenvalue weighted by molar-refractivity contribution is 6.32. The molecule has 132 valence electrons. The molecule has 0 aliphatic heterocycles. The van der Waals surface area contributed by atoms with Gasteiger partial charge in [0.25, 0.3) is 0 Å². The number of nitrogens with one attached hydrogen (secondary N) is 1. The summed E-state index contributed by atoms with van der Waals surface area (Å²) in [5.74, 6) is 1.41. The molecule has 0 aliphatic carbocycles. The van der Waals surface area contributed by atoms with Crippen LogP contribution in [0.15, 0.2) is 42.5 Å². The second-order valence-electron chi connectivity index (χ2n) is 5.02. The minimum atomic E-state index is -0.266. The first-order valence-electron chi connectivity index (χ1n) is 7.70. The number of benzene rings is 2. The molecule has 2 aromatic carbocycles. The maximum atomic E-state index is 12.1. The Morgan fingerprint density at radius 1 is 1.20 bits per heavy atom. The molecule has 25 heavy (non-hydrogen) atoms. The van der Waals surface area contributed by atoms with Crippen LogP contribution in [-0.4, -0.2) is 26.7 Å². The summed E-state index contributed by atoms with van der Waals surface area (Å²) >= 11 is 6.20. The number of methoxy groups -OCH3 is 2. The van der Waals surface area contributed by atoms with Gasteiger partial charge in [0.15, 0.2) is 11.5 Å². The summed E-state index contributed by atoms with van der Waals surface area (Å²) in [7, 11) is 3.10. The Bertz CT molecular complexity index is 774. The number of carbonyl (C=O) groups is 1. The van der Waals surface area contributed by atoms with Gasteiger partial charge in [0.1, 0.15) is 5.75 Å². The lowest BCUT2D eigenvalue weighted by molar-refractivity contribution is -0.111. The molecular weight excluding hydrogens is 342 g/mol. The fourth-order valence-corrected chi connectivity index (χ4v) is 2.50. The van der Waals surface area contributed by atoms with Crippen molar-refractivity contribution in [2.75, 3.05) is 26.1 Å². The van der Waals surface area contributed by atoms with Crippen LogP contribution in [0.3, 0.4) is 0 Å². The van der Waals surface area contributed by atoms with Gasteiger partial charge in [-0.3, -0.25) is 4.79 Å². The number of hydrogen-bond donors (Lipinski definition) is 1. The number of amides is 1. The SMILES string of the molecule is CCOc1cc(C=CC(=O)Nc2cccc(OC)c2)cc(Cl)c1OC. The number of halogens is 1. The van der Waals surface area contributed by atoms with Crippen molar-refractivity contribution < 1.29 is 19.0 Å². The first kappa shape index (κ1) is 18.7. The molecule has 0 aliphatic rings. The second-order valence-corrected chi connectivity index (χ2v) is 5.43. The first-order chi connectivity index (χ1) is 12.1. The van der Waals surface area contributed by atoms with E-state index in [0.717, 1.165) is 5.56 Å². The quantitative estimate of drug-likeness (QED) is 0.742. The van der Waals surface area contributed by atoms with Crippen LogP contribution < -0.4 is 19.5 Å². The predicted molar refractivity (Wildman–Crippen MR) is 99.8 cm³/mol. The lowest BCUT2D eigenvalue weighted by Crippen LogP contribution is -2.07. The van der Waals surface area contributed by atoms with Gasteiger partial charge >= 0.3 is 0 Å². The molecule has 1 amide bonds. The third kappa shape index (κ3) is 5.16. The van der Waals surface area contributed by atoms with Crippen molar-refractivity contribution in [3.8, 4) is 17.2 Å². The monoisotopic (exact) mass is 361 g/mol. The molecule has 0 bridgehead atoms. The second kappa shape index (κ2) is 8.99. The summed E-state index contributed by atoms with van der Waals surface area (Å²) in [5.41, 5.74) is 1.38. The Labute approximate surface area is 152 Å². The average molecular weight is 362 g/mol. The summed E-state index contributed by atoms with van der Waals surface area (Å²) in [4.78, 5) is 12.1. The number of carbonyl (C=O) groups excluding carboxylic acids is 1. The van der Waals surface area contributed by atoms with Gasteiger partial charge in [-0.1, -0.05) is 17.7 Å². The van der Waals surface area contributed by atoms with E-state index < -0.39 is 0 Å². The van der Waals surface area contributed by atoms with E-state index in [4.69, 9.17) is 25.8 Å². The zero-order valence-electron chi connectivity index (χ0n) is 14.3. The summed E-state index contributed by atoms with van der Waals surface area (Å²) in [5, 5.41) is 3.19. The van der Waals surface area contributed by atoms with Crippen LogP contribution >= 0.6 is 11.6 Å². The van der Waals surface area contributed by atoms with E-state index in [9.17, 15) is 4.79 Å². The predicted octanol–water partition coefficient (Wildman–Crippen LogP) is 4.41. The van der Waals surface area contributed by atoms with Crippen LogP contribution in [0.1, 0.15) is 12.5 Å². The summed E-state index contributed by atoms with van der Waals surface area (Å²) in [6, 6.07) is 10.6. The number of anilines is 1. The Balaban J connectivity index is 2.13. The van der Waals surface area contributed by atoms with Gasteiger partial charge in [-0.2, -0.15) is 0 Å². The third-order valence-electron chi connectivity index (χ3n) is 3.30. The molecule has 0 unspecified atom stereocenters. The molecule has 0 fully saturated rings. The largest absolute Gasteiger partial charge is 0.497 e. The third-order valence-corrected chi connectivity index (χ3v) is 3.58. The molecule has 2 aromatic rings. The van der Waals surface area contributed by atoms with Crippen molar-refractivity contribution in [3.05, 3.63) is 53.1 Å². The highest BCUT2D eigenvalue weighted by Gasteiger charge is 2.10. The van der Waals surface area contributed by atoms with Crippen molar-refractivity contribution in [3.63, 3.8) is 0 Å². The minimum Gasteiger partial charge on any atom is -0.497 e. The maximum absolute atomic E-state index is 12.1. The van der Waals surface area contributed by atoms with Gasteiger partial charge in [0.2, 0.25) is 5.91 Å². The maximum Gasteiger partial charge on any atom is 0.248 e. The topological polar surface area (TPSA) is 56.8 Å². The molecule has 6 heteroatoms. The lowest BCUT2D eigenvalue weighted by Gasteiger charge is -2.11. The molecule has 0 radical (unpaired) electrons. The van der Waals surface area contributed by atoms with Gasteiger partial charge in [0.05, 0.1) is 25.8 Å². The zero-order chi connectivity index (χ0) is 18.2. The Morgan fingerprint density at radius 2 is 2.00 bits per heavy atom. The Hall–Kier alpha value is -2.66. The molecule has 0 spiro atoms. The highest BCUT2D eigenvalue weighted by atomic mass is 35.5. The van der Waals surface area contributed by atoms with Gasteiger partial charge in [-0.15, -0.1) is 0 Å². The summed E-state index contributed by atoms with van der Waals surface area (Å²) in [6.07, 6.45) is 3.08. The number of rotatable bonds is 7. The van der Waals surface area contributed by atoms with E-state index in [1.54, 1.807) is 49.6 Å². The van der Waals surface area contributed by atoms with E-state index in [2.05, 4.69) is 5.32 Å². The fourth-order valence-electron chi connectivity index (χ4n) is 2.20. The Kier molecular flexibility index (Phi) is 6.71. The molecule has 0 aromatic heterocycles. The molecule has 2 rings (SSSR count). The van der Waals surface area contributed by atoms with Crippen LogP contribution in [0.2, 0.25) is 5.02 Å². The van der Waals surface area contributed by atoms with Crippen LogP contribution in [0.25, 0.3) is 6.08 Å². The van der Waals surface area contributed by atoms with Crippen molar-refractivity contribution in [2.24, 2.45) is 0 Å². The number of hydrogen-bond acceptors (Lipinski definition) is 4. The molecule has 0 heterocycles. The van der Waals surface area contributed by atoms with Gasteiger partial charge in [-0.05, 0) is 42.8 Å². The van der Waals surface area contributed by atoms with E-state index in [-0.39, 0.29) is 5.91 Å². The van der Waals surface area contributed by atoms with Crippen molar-refractivity contribution in [2.45, 2.75) is 6.92 Å². The molecular formula is C19H20ClNO4. The summed E-state index contributed by atoms with van der Waals surface area (Å²) < 4.78 is 15.9. The van der Waals surface area contributed by atoms with E-state index >= 15 is 0 Å². The van der Waals surface area contributed by atoms with Gasteiger partial charge in [-0.25, -0.2) is 0 Å². The lowest BCUT2D eigenvalue weighted by atomic mass is 10.2. The van der Waals surface area contributed by atoms with Crippen LogP contribution in [0.5, 0.6) is 17.2 Å². The Morgan fingerprint density at radius 3 is 2.68 bits per heavy atom. The first-order valence-corrected chi connectivity index (χ1v) is 8.08. The number of ether oxygens (including phenoxy) is 3. The van der Waals surface area contributed by atoms with E-state index in [1.807, 2.05) is 6.92 Å². The average Bonchev–Trinajstić information content (AvgIpc) is 2.60. The molecule has 0 atom stereocenters. The smallest absolute Gasteiger partial charge is 0.248 e. The highest BCUT2D eigenvalue weighted by Crippen LogP contribution is 2.36. The minimum absolute atomic E-state index is 0.266. The summed E-state index contributed by atoms with van der Waals surface area (Å²) in [6.45, 7) is 2.35. The van der Waals surface area contributed by atoms with Crippen molar-refractivity contribution in [1.29, 1.82) is 0 Å². The van der Waals surface area contributed by atoms with Gasteiger partial charge < -0.3 is 19.5 Å². The van der Waals surface area contributed by atoms with Crippen molar-refractivity contribution >= 4 is 29.3 Å². The molecule has 0 saturated carbocycles.